The molecule has 2 atom stereocenters. The second-order valence-electron chi connectivity index (χ2n) is 5.03. The van der Waals surface area contributed by atoms with E-state index >= 15 is 0 Å². The standard InChI is InChI=1S/C16H16BrNO2/c1-10(11-2-4-12(17)5-3-11)18-15-9-20-16-8-13(19)6-7-14(15)16/h2-8,10,15,18-19H,9H2,1H3/t10-,15?/m0/s1. The third-order valence-electron chi connectivity index (χ3n) is 3.60. The van der Waals surface area contributed by atoms with Gasteiger partial charge in [-0.1, -0.05) is 28.1 Å². The Kier molecular flexibility index (Phi) is 3.68. The van der Waals surface area contributed by atoms with Gasteiger partial charge in [-0.25, -0.2) is 0 Å². The molecule has 2 aromatic carbocycles. The van der Waals surface area contributed by atoms with Crippen molar-refractivity contribution in [3.05, 3.63) is 58.1 Å². The number of phenols is 1. The van der Waals surface area contributed by atoms with Gasteiger partial charge in [0.25, 0.3) is 0 Å². The van der Waals surface area contributed by atoms with E-state index in [9.17, 15) is 5.11 Å². The summed E-state index contributed by atoms with van der Waals surface area (Å²) in [5, 5.41) is 13.0. The van der Waals surface area contributed by atoms with E-state index in [1.165, 1.54) is 5.56 Å². The van der Waals surface area contributed by atoms with Crippen molar-refractivity contribution in [1.29, 1.82) is 0 Å². The molecule has 3 nitrogen and oxygen atoms in total. The van der Waals surface area contributed by atoms with Gasteiger partial charge >= 0.3 is 0 Å². The van der Waals surface area contributed by atoms with Crippen LogP contribution in [0, 0.1) is 0 Å². The molecule has 1 aliphatic heterocycles. The summed E-state index contributed by atoms with van der Waals surface area (Å²) < 4.78 is 6.70. The number of fused-ring (bicyclic) bond motifs is 1. The van der Waals surface area contributed by atoms with E-state index in [1.54, 1.807) is 12.1 Å². The summed E-state index contributed by atoms with van der Waals surface area (Å²) in [6.07, 6.45) is 0. The van der Waals surface area contributed by atoms with Crippen molar-refractivity contribution in [2.24, 2.45) is 0 Å². The molecular weight excluding hydrogens is 318 g/mol. The smallest absolute Gasteiger partial charge is 0.127 e. The highest BCUT2D eigenvalue weighted by molar-refractivity contribution is 9.10. The lowest BCUT2D eigenvalue weighted by molar-refractivity contribution is 0.300. The molecule has 0 aliphatic carbocycles. The van der Waals surface area contributed by atoms with Crippen LogP contribution in [-0.4, -0.2) is 11.7 Å². The second-order valence-corrected chi connectivity index (χ2v) is 5.94. The quantitative estimate of drug-likeness (QED) is 0.893. The fourth-order valence-electron chi connectivity index (χ4n) is 2.49. The van der Waals surface area contributed by atoms with E-state index in [4.69, 9.17) is 4.74 Å². The van der Waals surface area contributed by atoms with Crippen LogP contribution in [0.4, 0.5) is 0 Å². The number of halogens is 1. The highest BCUT2D eigenvalue weighted by atomic mass is 79.9. The van der Waals surface area contributed by atoms with Gasteiger partial charge in [-0.05, 0) is 36.8 Å². The van der Waals surface area contributed by atoms with Crippen molar-refractivity contribution in [3.8, 4) is 11.5 Å². The summed E-state index contributed by atoms with van der Waals surface area (Å²) in [6, 6.07) is 14.0. The fourth-order valence-corrected chi connectivity index (χ4v) is 2.75. The molecule has 1 unspecified atom stereocenters. The minimum atomic E-state index is 0.157. The zero-order chi connectivity index (χ0) is 14.1. The number of rotatable bonds is 3. The molecule has 0 saturated carbocycles. The largest absolute Gasteiger partial charge is 0.508 e. The predicted molar refractivity (Wildman–Crippen MR) is 82.0 cm³/mol. The predicted octanol–water partition coefficient (Wildman–Crippen LogP) is 3.94. The lowest BCUT2D eigenvalue weighted by atomic mass is 10.0. The van der Waals surface area contributed by atoms with Gasteiger partial charge in [-0.3, -0.25) is 0 Å². The zero-order valence-corrected chi connectivity index (χ0v) is 12.7. The molecule has 0 aromatic heterocycles. The van der Waals surface area contributed by atoms with E-state index in [2.05, 4.69) is 40.3 Å². The van der Waals surface area contributed by atoms with Crippen molar-refractivity contribution < 1.29 is 9.84 Å². The molecular formula is C16H16BrNO2. The molecule has 3 rings (SSSR count). The highest BCUT2D eigenvalue weighted by Gasteiger charge is 2.25. The Labute approximate surface area is 126 Å². The number of phenolic OH excluding ortho intramolecular Hbond substituents is 1. The van der Waals surface area contributed by atoms with Crippen LogP contribution in [0.5, 0.6) is 11.5 Å². The Morgan fingerprint density at radius 1 is 1.25 bits per heavy atom. The highest BCUT2D eigenvalue weighted by Crippen LogP contribution is 2.36. The van der Waals surface area contributed by atoms with Gasteiger partial charge in [0.2, 0.25) is 0 Å². The molecule has 4 heteroatoms. The summed E-state index contributed by atoms with van der Waals surface area (Å²) in [5.41, 5.74) is 2.34. The Morgan fingerprint density at radius 2 is 2.00 bits per heavy atom. The summed E-state index contributed by atoms with van der Waals surface area (Å²) in [5.74, 6) is 1.01. The van der Waals surface area contributed by atoms with Gasteiger partial charge in [0.15, 0.2) is 0 Å². The first-order chi connectivity index (χ1) is 9.63. The molecule has 0 bridgehead atoms. The molecule has 0 saturated heterocycles. The first-order valence-electron chi connectivity index (χ1n) is 6.61. The van der Waals surface area contributed by atoms with Crippen LogP contribution in [-0.2, 0) is 0 Å². The number of ether oxygens (including phenoxy) is 1. The van der Waals surface area contributed by atoms with E-state index in [0.717, 1.165) is 15.8 Å². The maximum atomic E-state index is 9.46. The van der Waals surface area contributed by atoms with Crippen molar-refractivity contribution in [3.63, 3.8) is 0 Å². The van der Waals surface area contributed by atoms with Crippen LogP contribution in [0.15, 0.2) is 46.9 Å². The summed E-state index contributed by atoms with van der Waals surface area (Å²) >= 11 is 3.45. The molecule has 0 fully saturated rings. The summed E-state index contributed by atoms with van der Waals surface area (Å²) in [4.78, 5) is 0. The average Bonchev–Trinajstić information content (AvgIpc) is 2.81. The molecule has 104 valence electrons. The third kappa shape index (κ3) is 2.67. The number of nitrogens with one attached hydrogen (secondary N) is 1. The number of aromatic hydroxyl groups is 1. The lowest BCUT2D eigenvalue weighted by Crippen LogP contribution is -2.25. The van der Waals surface area contributed by atoms with Gasteiger partial charge in [0.05, 0.1) is 6.04 Å². The minimum absolute atomic E-state index is 0.157. The van der Waals surface area contributed by atoms with Crippen molar-refractivity contribution >= 4 is 15.9 Å². The first kappa shape index (κ1) is 13.5. The Bertz CT molecular complexity index is 612. The van der Waals surface area contributed by atoms with E-state index in [1.807, 2.05) is 18.2 Å². The third-order valence-corrected chi connectivity index (χ3v) is 4.13. The number of hydrogen-bond donors (Lipinski definition) is 2. The SMILES string of the molecule is C[C@H](NC1COc2cc(O)ccc21)c1ccc(Br)cc1. The number of benzene rings is 2. The van der Waals surface area contributed by atoms with Crippen LogP contribution in [0.2, 0.25) is 0 Å². The molecule has 0 spiro atoms. The molecule has 0 amide bonds. The van der Waals surface area contributed by atoms with E-state index in [-0.39, 0.29) is 17.8 Å². The maximum Gasteiger partial charge on any atom is 0.127 e. The van der Waals surface area contributed by atoms with Crippen LogP contribution < -0.4 is 10.1 Å². The minimum Gasteiger partial charge on any atom is -0.508 e. The Balaban J connectivity index is 1.75. The Morgan fingerprint density at radius 3 is 2.75 bits per heavy atom. The molecule has 2 aromatic rings. The molecule has 1 aliphatic rings. The first-order valence-corrected chi connectivity index (χ1v) is 7.40. The number of hydrogen-bond acceptors (Lipinski definition) is 3. The van der Waals surface area contributed by atoms with Gasteiger partial charge in [0.1, 0.15) is 18.1 Å². The molecule has 2 N–H and O–H groups in total. The monoisotopic (exact) mass is 333 g/mol. The van der Waals surface area contributed by atoms with Crippen LogP contribution in [0.3, 0.4) is 0 Å². The Hall–Kier alpha value is -1.52. The zero-order valence-electron chi connectivity index (χ0n) is 11.1. The van der Waals surface area contributed by atoms with Gasteiger partial charge in [-0.15, -0.1) is 0 Å². The molecule has 1 heterocycles. The summed E-state index contributed by atoms with van der Waals surface area (Å²) in [6.45, 7) is 2.74. The average molecular weight is 334 g/mol. The summed E-state index contributed by atoms with van der Waals surface area (Å²) in [7, 11) is 0. The topological polar surface area (TPSA) is 41.5 Å². The maximum absolute atomic E-state index is 9.46. The molecule has 0 radical (unpaired) electrons. The second kappa shape index (κ2) is 5.46. The van der Waals surface area contributed by atoms with E-state index in [0.29, 0.717) is 6.61 Å². The van der Waals surface area contributed by atoms with Crippen molar-refractivity contribution in [2.75, 3.05) is 6.61 Å². The fraction of sp³-hybridized carbons (Fsp3) is 0.250. The van der Waals surface area contributed by atoms with Gasteiger partial charge in [0, 0.05) is 22.1 Å². The normalized spacial score (nSPS) is 18.4. The van der Waals surface area contributed by atoms with Crippen molar-refractivity contribution in [1.82, 2.24) is 5.32 Å². The van der Waals surface area contributed by atoms with Crippen LogP contribution in [0.25, 0.3) is 0 Å². The molecule has 20 heavy (non-hydrogen) atoms. The van der Waals surface area contributed by atoms with Crippen LogP contribution >= 0.6 is 15.9 Å². The lowest BCUT2D eigenvalue weighted by Gasteiger charge is -2.19. The van der Waals surface area contributed by atoms with Crippen molar-refractivity contribution in [2.45, 2.75) is 19.0 Å². The van der Waals surface area contributed by atoms with E-state index < -0.39 is 0 Å². The van der Waals surface area contributed by atoms with Gasteiger partial charge < -0.3 is 15.2 Å². The van der Waals surface area contributed by atoms with Crippen LogP contribution in [0.1, 0.15) is 30.1 Å². The van der Waals surface area contributed by atoms with Gasteiger partial charge in [-0.2, -0.15) is 0 Å².